The lowest BCUT2D eigenvalue weighted by molar-refractivity contribution is 0.262. The normalized spacial score (nSPS) is 36.0. The fourth-order valence-electron chi connectivity index (χ4n) is 1.98. The fraction of sp³-hybridized carbons (Fsp3) is 1.00. The van der Waals surface area contributed by atoms with E-state index in [1.807, 2.05) is 0 Å². The van der Waals surface area contributed by atoms with Gasteiger partial charge >= 0.3 is 0 Å². The Morgan fingerprint density at radius 3 is 1.57 bits per heavy atom. The van der Waals surface area contributed by atoms with Crippen molar-refractivity contribution in [2.75, 3.05) is 39.3 Å². The number of hydrogen-bond donors (Lipinski definition) is 3. The Labute approximate surface area is 87.7 Å². The maximum Gasteiger partial charge on any atom is 0.111 e. The van der Waals surface area contributed by atoms with E-state index < -0.39 is 0 Å². The molecule has 4 nitrogen and oxygen atoms in total. The molecule has 3 saturated heterocycles. The van der Waals surface area contributed by atoms with Gasteiger partial charge in [-0.05, 0) is 38.9 Å². The van der Waals surface area contributed by atoms with Crippen molar-refractivity contribution < 1.29 is 0 Å². The number of hydrogen-bond acceptors (Lipinski definition) is 4. The number of rotatable bonds is 0. The van der Waals surface area contributed by atoms with E-state index in [0.717, 1.165) is 19.6 Å². The molecule has 0 aromatic rings. The van der Waals surface area contributed by atoms with E-state index >= 15 is 0 Å². The molecule has 5 heteroatoms. The van der Waals surface area contributed by atoms with Crippen molar-refractivity contribution in [3.05, 3.63) is 0 Å². The Balaban J connectivity index is 1.93. The van der Waals surface area contributed by atoms with Gasteiger partial charge in [0.25, 0.3) is 0 Å². The zero-order valence-electron chi connectivity index (χ0n) is 8.76. The minimum Gasteiger partial charge on any atom is -0.303 e. The molecule has 0 spiro atoms. The second-order valence-electron chi connectivity index (χ2n) is 3.96. The Morgan fingerprint density at radius 1 is 0.714 bits per heavy atom. The van der Waals surface area contributed by atoms with E-state index in [1.165, 1.54) is 38.9 Å². The number of nitrogens with zero attached hydrogens (tertiary/aromatic N) is 1. The first kappa shape index (κ1) is 10.8. The molecule has 3 fully saturated rings. The zero-order valence-corrected chi connectivity index (χ0v) is 9.65. The SMILES string of the molecule is C1CNP2NCCCN(C1)CCCN2. The molecule has 0 atom stereocenters. The molecule has 14 heavy (non-hydrogen) atoms. The fourth-order valence-corrected chi connectivity index (χ4v) is 3.46. The average Bonchev–Trinajstić information content (AvgIpc) is 2.25. The van der Waals surface area contributed by atoms with Crippen LogP contribution in [-0.2, 0) is 0 Å². The molecule has 3 aliphatic heterocycles. The van der Waals surface area contributed by atoms with Crippen LogP contribution in [-0.4, -0.2) is 44.2 Å². The highest BCUT2D eigenvalue weighted by atomic mass is 31.1. The second-order valence-corrected chi connectivity index (χ2v) is 5.58. The van der Waals surface area contributed by atoms with Crippen molar-refractivity contribution in [1.82, 2.24) is 20.2 Å². The predicted octanol–water partition coefficient (Wildman–Crippen LogP) is 0.482. The molecule has 2 bridgehead atoms. The van der Waals surface area contributed by atoms with Gasteiger partial charge in [-0.15, -0.1) is 0 Å². The van der Waals surface area contributed by atoms with E-state index in [1.54, 1.807) is 0 Å². The lowest BCUT2D eigenvalue weighted by Crippen LogP contribution is -2.39. The van der Waals surface area contributed by atoms with Gasteiger partial charge in [0, 0.05) is 19.6 Å². The van der Waals surface area contributed by atoms with Gasteiger partial charge in [0.05, 0.1) is 0 Å². The topological polar surface area (TPSA) is 39.3 Å². The number of fused-ring (bicyclic) bond motifs is 9. The molecule has 3 rings (SSSR count). The van der Waals surface area contributed by atoms with Crippen LogP contribution in [0.25, 0.3) is 0 Å². The molecule has 0 aromatic heterocycles. The summed E-state index contributed by atoms with van der Waals surface area (Å²) in [6, 6.07) is 0. The molecule has 3 aliphatic rings. The lowest BCUT2D eigenvalue weighted by atomic mass is 10.3. The van der Waals surface area contributed by atoms with Crippen LogP contribution in [0.3, 0.4) is 0 Å². The predicted molar refractivity (Wildman–Crippen MR) is 61.2 cm³/mol. The summed E-state index contributed by atoms with van der Waals surface area (Å²) in [5.74, 6) is 0. The average molecular weight is 216 g/mol. The third-order valence-electron chi connectivity index (χ3n) is 2.76. The van der Waals surface area contributed by atoms with Gasteiger partial charge in [0.1, 0.15) is 8.37 Å². The summed E-state index contributed by atoms with van der Waals surface area (Å²) in [5.41, 5.74) is 0. The Kier molecular flexibility index (Phi) is 4.61. The van der Waals surface area contributed by atoms with E-state index in [4.69, 9.17) is 0 Å². The van der Waals surface area contributed by atoms with Crippen LogP contribution in [0, 0.1) is 0 Å². The first-order chi connectivity index (χ1) is 6.95. The van der Waals surface area contributed by atoms with Gasteiger partial charge in [-0.2, -0.15) is 0 Å². The quantitative estimate of drug-likeness (QED) is 0.515. The maximum atomic E-state index is 3.56. The van der Waals surface area contributed by atoms with E-state index in [9.17, 15) is 0 Å². The summed E-state index contributed by atoms with van der Waals surface area (Å²) in [4.78, 5) is 2.60. The molecule has 0 saturated carbocycles. The molecule has 0 aliphatic carbocycles. The first-order valence-electron chi connectivity index (χ1n) is 5.68. The molecular formula is C9H21N4P. The summed E-state index contributed by atoms with van der Waals surface area (Å²) in [6.07, 6.45) is 3.84. The largest absolute Gasteiger partial charge is 0.303 e. The van der Waals surface area contributed by atoms with Crippen LogP contribution >= 0.6 is 8.37 Å². The Bertz CT molecular complexity index is 120. The standard InChI is InChI=1S/C9H21N4P/c1-4-10-14-11-5-2-8-13(7-1)9-3-6-12-14/h10-12H,1-9H2. The Hall–Kier alpha value is 0.270. The lowest BCUT2D eigenvalue weighted by Gasteiger charge is -2.29. The van der Waals surface area contributed by atoms with Gasteiger partial charge in [-0.3, -0.25) is 15.3 Å². The van der Waals surface area contributed by atoms with Gasteiger partial charge in [-0.1, -0.05) is 0 Å². The maximum absolute atomic E-state index is 3.56. The van der Waals surface area contributed by atoms with E-state index in [-0.39, 0.29) is 8.37 Å². The summed E-state index contributed by atoms with van der Waals surface area (Å²) < 4.78 is 0. The first-order valence-corrected chi connectivity index (χ1v) is 7.02. The van der Waals surface area contributed by atoms with Crippen molar-refractivity contribution in [2.24, 2.45) is 0 Å². The van der Waals surface area contributed by atoms with Crippen LogP contribution in [0.2, 0.25) is 0 Å². The summed E-state index contributed by atoms with van der Waals surface area (Å²) in [7, 11) is -0.294. The summed E-state index contributed by atoms with van der Waals surface area (Å²) in [6.45, 7) is 7.25. The second kappa shape index (κ2) is 5.99. The van der Waals surface area contributed by atoms with Crippen LogP contribution < -0.4 is 15.3 Å². The third kappa shape index (κ3) is 3.44. The van der Waals surface area contributed by atoms with Gasteiger partial charge in [-0.25, -0.2) is 0 Å². The molecule has 3 N–H and O–H groups in total. The summed E-state index contributed by atoms with van der Waals surface area (Å²) in [5, 5.41) is 10.7. The van der Waals surface area contributed by atoms with Gasteiger partial charge in [0.15, 0.2) is 0 Å². The zero-order chi connectivity index (χ0) is 9.64. The van der Waals surface area contributed by atoms with E-state index in [0.29, 0.717) is 0 Å². The Morgan fingerprint density at radius 2 is 1.14 bits per heavy atom. The monoisotopic (exact) mass is 216 g/mol. The van der Waals surface area contributed by atoms with Gasteiger partial charge < -0.3 is 4.90 Å². The molecule has 82 valence electrons. The molecule has 3 heterocycles. The molecule has 0 unspecified atom stereocenters. The minimum atomic E-state index is -0.294. The van der Waals surface area contributed by atoms with Crippen LogP contribution in [0.1, 0.15) is 19.3 Å². The highest BCUT2D eigenvalue weighted by Gasteiger charge is 2.13. The molecule has 0 amide bonds. The van der Waals surface area contributed by atoms with Gasteiger partial charge in [0.2, 0.25) is 0 Å². The van der Waals surface area contributed by atoms with Crippen LogP contribution in [0.15, 0.2) is 0 Å². The highest BCUT2D eigenvalue weighted by Crippen LogP contribution is 2.20. The van der Waals surface area contributed by atoms with E-state index in [2.05, 4.69) is 20.2 Å². The highest BCUT2D eigenvalue weighted by molar-refractivity contribution is 7.51. The van der Waals surface area contributed by atoms with Crippen molar-refractivity contribution in [2.45, 2.75) is 19.3 Å². The molecular weight excluding hydrogens is 195 g/mol. The van der Waals surface area contributed by atoms with Crippen molar-refractivity contribution >= 4 is 8.37 Å². The third-order valence-corrected chi connectivity index (χ3v) is 4.38. The number of nitrogens with one attached hydrogen (secondary N) is 3. The molecule has 0 aromatic carbocycles. The summed E-state index contributed by atoms with van der Waals surface area (Å²) >= 11 is 0. The van der Waals surface area contributed by atoms with Crippen molar-refractivity contribution in [3.8, 4) is 0 Å². The smallest absolute Gasteiger partial charge is 0.111 e. The van der Waals surface area contributed by atoms with Crippen LogP contribution in [0.4, 0.5) is 0 Å². The molecule has 0 radical (unpaired) electrons. The minimum absolute atomic E-state index is 0.294. The van der Waals surface area contributed by atoms with Crippen LogP contribution in [0.5, 0.6) is 0 Å². The van der Waals surface area contributed by atoms with Crippen molar-refractivity contribution in [1.29, 1.82) is 0 Å². The van der Waals surface area contributed by atoms with Crippen molar-refractivity contribution in [3.63, 3.8) is 0 Å².